The van der Waals surface area contributed by atoms with Crippen LogP contribution in [0.4, 0.5) is 10.5 Å². The lowest BCUT2D eigenvalue weighted by molar-refractivity contribution is -0.124. The highest BCUT2D eigenvalue weighted by molar-refractivity contribution is 9.10. The molecule has 3 N–H and O–H groups in total. The largest absolute Gasteiger partial charge is 0.493 e. The van der Waals surface area contributed by atoms with Gasteiger partial charge >= 0.3 is 6.03 Å². The summed E-state index contributed by atoms with van der Waals surface area (Å²) < 4.78 is 11.3. The summed E-state index contributed by atoms with van der Waals surface area (Å²) in [7, 11) is 1.40. The number of halogens is 2. The van der Waals surface area contributed by atoms with Gasteiger partial charge in [-0.1, -0.05) is 17.7 Å². The van der Waals surface area contributed by atoms with Crippen molar-refractivity contribution in [1.82, 2.24) is 10.6 Å². The van der Waals surface area contributed by atoms with Crippen molar-refractivity contribution in [2.24, 2.45) is 0 Å². The fourth-order valence-corrected chi connectivity index (χ4v) is 3.50. The molecule has 0 spiro atoms. The number of rotatable bonds is 6. The maximum atomic E-state index is 12.3. The van der Waals surface area contributed by atoms with Crippen LogP contribution < -0.4 is 25.4 Å². The number of nitrogens with one attached hydrogen (secondary N) is 3. The molecule has 1 saturated heterocycles. The topological polar surface area (TPSA) is 123 Å². The fourth-order valence-electron chi connectivity index (χ4n) is 2.74. The number of carbonyl (C=O) groups excluding carboxylic acids is 4. The van der Waals surface area contributed by atoms with E-state index in [-0.39, 0.29) is 23.7 Å². The number of urea groups is 1. The first-order valence-electron chi connectivity index (χ1n) is 9.12. The van der Waals surface area contributed by atoms with E-state index < -0.39 is 23.8 Å². The molecule has 1 aliphatic heterocycles. The van der Waals surface area contributed by atoms with Gasteiger partial charge in [0.1, 0.15) is 5.57 Å². The van der Waals surface area contributed by atoms with Gasteiger partial charge in [0.25, 0.3) is 17.7 Å². The normalized spacial score (nSPS) is 13.2. The van der Waals surface area contributed by atoms with Gasteiger partial charge in [0, 0.05) is 10.7 Å². The van der Waals surface area contributed by atoms with Gasteiger partial charge in [0.15, 0.2) is 18.1 Å². The van der Waals surface area contributed by atoms with Crippen molar-refractivity contribution < 1.29 is 28.7 Å². The summed E-state index contributed by atoms with van der Waals surface area (Å²) in [5.41, 5.74) is 1.60. The molecule has 2 aromatic carbocycles. The molecule has 9 nitrogen and oxygen atoms in total. The number of hydrogen-bond acceptors (Lipinski definition) is 6. The molecule has 0 bridgehead atoms. The lowest BCUT2D eigenvalue weighted by Crippen LogP contribution is -2.51. The lowest BCUT2D eigenvalue weighted by Gasteiger charge is -2.16. The van der Waals surface area contributed by atoms with Crippen LogP contribution in [0.3, 0.4) is 0 Å². The summed E-state index contributed by atoms with van der Waals surface area (Å²) in [6.45, 7) is 1.54. The van der Waals surface area contributed by atoms with Crippen molar-refractivity contribution in [3.8, 4) is 11.5 Å². The highest BCUT2D eigenvalue weighted by Crippen LogP contribution is 2.37. The molecule has 0 aliphatic carbocycles. The molecule has 11 heteroatoms. The Morgan fingerprint density at radius 2 is 1.84 bits per heavy atom. The molecule has 1 aliphatic rings. The van der Waals surface area contributed by atoms with E-state index in [2.05, 4.69) is 21.2 Å². The van der Waals surface area contributed by atoms with Gasteiger partial charge in [0.2, 0.25) is 0 Å². The van der Waals surface area contributed by atoms with Crippen LogP contribution in [-0.2, 0) is 14.4 Å². The quantitative estimate of drug-likeness (QED) is 0.396. The minimum Gasteiger partial charge on any atom is -0.493 e. The Balaban J connectivity index is 1.75. The number of benzene rings is 2. The molecular formula is C21H17BrClN3O6. The van der Waals surface area contributed by atoms with Crippen molar-refractivity contribution in [2.75, 3.05) is 19.0 Å². The molecule has 5 amide bonds. The third-order valence-corrected chi connectivity index (χ3v) is 5.31. The number of aryl methyl sites for hydroxylation is 1. The summed E-state index contributed by atoms with van der Waals surface area (Å²) in [5.74, 6) is -1.54. The van der Waals surface area contributed by atoms with Gasteiger partial charge in [-0.15, -0.1) is 0 Å². The van der Waals surface area contributed by atoms with E-state index in [9.17, 15) is 19.2 Å². The average Bonchev–Trinajstić information content (AvgIpc) is 2.72. The maximum absolute atomic E-state index is 12.3. The third kappa shape index (κ3) is 5.45. The van der Waals surface area contributed by atoms with E-state index in [1.807, 2.05) is 17.6 Å². The molecule has 3 rings (SSSR count). The van der Waals surface area contributed by atoms with Crippen LogP contribution in [0, 0.1) is 6.92 Å². The number of amides is 5. The van der Waals surface area contributed by atoms with Gasteiger partial charge < -0.3 is 14.8 Å². The first kappa shape index (κ1) is 23.3. The van der Waals surface area contributed by atoms with E-state index in [1.54, 1.807) is 24.3 Å². The Hall–Kier alpha value is -3.37. The minimum absolute atomic E-state index is 0.247. The van der Waals surface area contributed by atoms with Crippen LogP contribution in [0.5, 0.6) is 11.5 Å². The van der Waals surface area contributed by atoms with Gasteiger partial charge in [-0.2, -0.15) is 0 Å². The second-order valence-electron chi connectivity index (χ2n) is 6.63. The van der Waals surface area contributed by atoms with E-state index in [4.69, 9.17) is 21.1 Å². The van der Waals surface area contributed by atoms with Gasteiger partial charge in [0.05, 0.1) is 11.6 Å². The maximum Gasteiger partial charge on any atom is 0.328 e. The zero-order valence-electron chi connectivity index (χ0n) is 16.9. The van der Waals surface area contributed by atoms with E-state index in [0.717, 1.165) is 5.56 Å². The molecule has 0 aromatic heterocycles. The zero-order chi connectivity index (χ0) is 23.4. The lowest BCUT2D eigenvalue weighted by atomic mass is 10.1. The SMILES string of the molecule is COc1cc(C=C2C(=O)NC(=O)NC2=O)cc(Br)c1OCC(=O)Nc1ccc(C)c(Cl)c1. The predicted octanol–water partition coefficient (Wildman–Crippen LogP) is 3.19. The van der Waals surface area contributed by atoms with Crippen molar-refractivity contribution in [3.05, 3.63) is 56.5 Å². The number of carbonyl (C=O) groups is 4. The Labute approximate surface area is 196 Å². The molecule has 166 valence electrons. The molecule has 0 unspecified atom stereocenters. The zero-order valence-corrected chi connectivity index (χ0v) is 19.2. The Morgan fingerprint density at radius 3 is 2.47 bits per heavy atom. The summed E-state index contributed by atoms with van der Waals surface area (Å²) in [6.07, 6.45) is 1.29. The van der Waals surface area contributed by atoms with Crippen LogP contribution in [0.15, 0.2) is 40.4 Å². The van der Waals surface area contributed by atoms with Crippen LogP contribution in [0.1, 0.15) is 11.1 Å². The highest BCUT2D eigenvalue weighted by Gasteiger charge is 2.28. The highest BCUT2D eigenvalue weighted by atomic mass is 79.9. The molecule has 1 fully saturated rings. The standard InChI is InChI=1S/C21H17BrClN3O6/c1-10-3-4-12(8-15(10)23)24-17(27)9-32-18-14(22)6-11(7-16(18)31-2)5-13-19(28)25-21(30)26-20(13)29/h3-8H,9H2,1-2H3,(H,24,27)(H2,25,26,28,29,30). The number of barbiturate groups is 1. The molecule has 0 saturated carbocycles. The monoisotopic (exact) mass is 521 g/mol. The predicted molar refractivity (Wildman–Crippen MR) is 121 cm³/mol. The van der Waals surface area contributed by atoms with Crippen molar-refractivity contribution in [2.45, 2.75) is 6.92 Å². The second-order valence-corrected chi connectivity index (χ2v) is 7.89. The fraction of sp³-hybridized carbons (Fsp3) is 0.143. The van der Waals surface area contributed by atoms with E-state index in [0.29, 0.717) is 20.7 Å². The molecule has 1 heterocycles. The third-order valence-electron chi connectivity index (χ3n) is 4.31. The molecule has 0 radical (unpaired) electrons. The van der Waals surface area contributed by atoms with E-state index in [1.165, 1.54) is 19.3 Å². The number of anilines is 1. The number of hydrogen-bond donors (Lipinski definition) is 3. The first-order chi connectivity index (χ1) is 15.2. The summed E-state index contributed by atoms with van der Waals surface area (Å²) in [6, 6.07) is 7.35. The smallest absolute Gasteiger partial charge is 0.328 e. The van der Waals surface area contributed by atoms with Crippen molar-refractivity contribution in [3.63, 3.8) is 0 Å². The molecule has 2 aromatic rings. The summed E-state index contributed by atoms with van der Waals surface area (Å²) >= 11 is 9.40. The van der Waals surface area contributed by atoms with Gasteiger partial charge in [-0.05, 0) is 64.3 Å². The molecular weight excluding hydrogens is 506 g/mol. The minimum atomic E-state index is -0.883. The second kappa shape index (κ2) is 9.84. The average molecular weight is 523 g/mol. The Morgan fingerprint density at radius 1 is 1.16 bits per heavy atom. The number of methoxy groups -OCH3 is 1. The molecule has 0 atom stereocenters. The van der Waals surface area contributed by atoms with Crippen molar-refractivity contribution in [1.29, 1.82) is 0 Å². The van der Waals surface area contributed by atoms with Crippen LogP contribution >= 0.6 is 27.5 Å². The first-order valence-corrected chi connectivity index (χ1v) is 10.3. The van der Waals surface area contributed by atoms with E-state index >= 15 is 0 Å². The number of ether oxygens (including phenoxy) is 2. The Kier molecular flexibility index (Phi) is 7.16. The van der Waals surface area contributed by atoms with Gasteiger partial charge in [-0.3, -0.25) is 25.0 Å². The Bertz CT molecular complexity index is 1140. The summed E-state index contributed by atoms with van der Waals surface area (Å²) in [4.78, 5) is 47.3. The van der Waals surface area contributed by atoms with Crippen LogP contribution in [0.2, 0.25) is 5.02 Å². The molecule has 32 heavy (non-hydrogen) atoms. The van der Waals surface area contributed by atoms with Gasteiger partial charge in [-0.25, -0.2) is 4.79 Å². The summed E-state index contributed by atoms with van der Waals surface area (Å²) in [5, 5.41) is 7.21. The van der Waals surface area contributed by atoms with Crippen LogP contribution in [0.25, 0.3) is 6.08 Å². The van der Waals surface area contributed by atoms with Crippen molar-refractivity contribution >= 4 is 63.0 Å². The van der Waals surface area contributed by atoms with Crippen LogP contribution in [-0.4, -0.2) is 37.5 Å². The number of imide groups is 2.